The summed E-state index contributed by atoms with van der Waals surface area (Å²) < 4.78 is 15.6. The van der Waals surface area contributed by atoms with Crippen LogP contribution in [0.3, 0.4) is 0 Å². The summed E-state index contributed by atoms with van der Waals surface area (Å²) in [6.07, 6.45) is 0. The molecule has 1 heterocycles. The van der Waals surface area contributed by atoms with Gasteiger partial charge in [-0.05, 0) is 62.4 Å². The number of thiophene rings is 1. The highest BCUT2D eigenvalue weighted by Crippen LogP contribution is 2.36. The van der Waals surface area contributed by atoms with Gasteiger partial charge >= 0.3 is 0 Å². The highest BCUT2D eigenvalue weighted by molar-refractivity contribution is 9.10. The topological polar surface area (TPSA) is 26.0 Å². The van der Waals surface area contributed by atoms with Gasteiger partial charge in [0.2, 0.25) is 0 Å². The minimum absolute atomic E-state index is 0.195. The highest BCUT2D eigenvalue weighted by Gasteiger charge is 2.15. The Balaban J connectivity index is 2.10. The van der Waals surface area contributed by atoms with Crippen LogP contribution >= 0.6 is 27.3 Å². The Labute approximate surface area is 129 Å². The second-order valence-corrected chi connectivity index (χ2v) is 6.53. The van der Waals surface area contributed by atoms with Crippen molar-refractivity contribution in [3.8, 4) is 0 Å². The average molecular weight is 350 g/mol. The summed E-state index contributed by atoms with van der Waals surface area (Å²) in [5.41, 5.74) is 9.00. The Morgan fingerprint density at radius 3 is 2.80 bits per heavy atom. The number of rotatable bonds is 2. The third kappa shape index (κ3) is 2.28. The van der Waals surface area contributed by atoms with Crippen molar-refractivity contribution in [1.29, 1.82) is 0 Å². The smallest absolute Gasteiger partial charge is 0.126 e. The van der Waals surface area contributed by atoms with Gasteiger partial charge < -0.3 is 5.73 Å². The molecule has 0 saturated heterocycles. The molecule has 0 radical (unpaired) electrons. The van der Waals surface area contributed by atoms with Gasteiger partial charge in [0.25, 0.3) is 0 Å². The third-order valence-corrected chi connectivity index (χ3v) is 5.43. The van der Waals surface area contributed by atoms with E-state index in [2.05, 4.69) is 27.4 Å². The van der Waals surface area contributed by atoms with Crippen LogP contribution in [0, 0.1) is 12.7 Å². The van der Waals surface area contributed by atoms with E-state index < -0.39 is 0 Å². The molecule has 0 spiro atoms. The average Bonchev–Trinajstić information content (AvgIpc) is 2.86. The Hall–Kier alpha value is -1.23. The normalized spacial score (nSPS) is 12.8. The van der Waals surface area contributed by atoms with E-state index in [-0.39, 0.29) is 11.9 Å². The zero-order chi connectivity index (χ0) is 14.3. The fourth-order valence-electron chi connectivity index (χ4n) is 2.32. The maximum Gasteiger partial charge on any atom is 0.126 e. The molecule has 0 bridgehead atoms. The molecule has 3 aromatic rings. The van der Waals surface area contributed by atoms with Crippen LogP contribution in [0.1, 0.15) is 22.7 Å². The largest absolute Gasteiger partial charge is 0.320 e. The quantitative estimate of drug-likeness (QED) is 0.679. The minimum Gasteiger partial charge on any atom is -0.320 e. The first-order chi connectivity index (χ1) is 9.58. The maximum absolute atomic E-state index is 13.4. The fraction of sp³-hybridized carbons (Fsp3) is 0.125. The molecule has 2 N–H and O–H groups in total. The lowest BCUT2D eigenvalue weighted by Crippen LogP contribution is -2.11. The van der Waals surface area contributed by atoms with Crippen LogP contribution in [-0.2, 0) is 0 Å². The van der Waals surface area contributed by atoms with Crippen molar-refractivity contribution in [3.05, 3.63) is 68.8 Å². The van der Waals surface area contributed by atoms with E-state index in [1.54, 1.807) is 24.3 Å². The van der Waals surface area contributed by atoms with Gasteiger partial charge in [-0.2, -0.15) is 0 Å². The van der Waals surface area contributed by atoms with E-state index in [1.165, 1.54) is 10.8 Å². The van der Waals surface area contributed by atoms with Crippen molar-refractivity contribution in [2.24, 2.45) is 5.73 Å². The Morgan fingerprint density at radius 1 is 1.25 bits per heavy atom. The number of aryl methyl sites for hydroxylation is 1. The van der Waals surface area contributed by atoms with Crippen molar-refractivity contribution >= 4 is 37.4 Å². The summed E-state index contributed by atoms with van der Waals surface area (Å²) in [5.74, 6) is -0.195. The van der Waals surface area contributed by atoms with Gasteiger partial charge in [0.15, 0.2) is 0 Å². The van der Waals surface area contributed by atoms with Crippen LogP contribution in [0.4, 0.5) is 4.39 Å². The van der Waals surface area contributed by atoms with Gasteiger partial charge in [0.05, 0.1) is 6.04 Å². The molecule has 3 rings (SSSR count). The van der Waals surface area contributed by atoms with Crippen LogP contribution in [0.5, 0.6) is 0 Å². The van der Waals surface area contributed by atoms with Crippen molar-refractivity contribution < 1.29 is 4.39 Å². The van der Waals surface area contributed by atoms with Gasteiger partial charge in [0, 0.05) is 9.17 Å². The molecule has 0 saturated carbocycles. The SMILES string of the molecule is Cc1cc(C(N)c2csc3c(Br)cccc23)ccc1F. The van der Waals surface area contributed by atoms with Crippen LogP contribution in [0.2, 0.25) is 0 Å². The molecule has 1 atom stereocenters. The summed E-state index contributed by atoms with van der Waals surface area (Å²) in [6.45, 7) is 1.76. The number of nitrogens with two attached hydrogens (primary N) is 1. The maximum atomic E-state index is 13.4. The molecule has 1 aromatic heterocycles. The van der Waals surface area contributed by atoms with E-state index in [4.69, 9.17) is 5.73 Å². The van der Waals surface area contributed by atoms with Crippen molar-refractivity contribution in [3.63, 3.8) is 0 Å². The number of hydrogen-bond acceptors (Lipinski definition) is 2. The van der Waals surface area contributed by atoms with E-state index >= 15 is 0 Å². The number of benzene rings is 2. The summed E-state index contributed by atoms with van der Waals surface area (Å²) in [6, 6.07) is 10.9. The predicted octanol–water partition coefficient (Wildman–Crippen LogP) is 5.16. The first-order valence-corrected chi connectivity index (χ1v) is 7.92. The summed E-state index contributed by atoms with van der Waals surface area (Å²) in [5, 5.41) is 3.23. The molecular weight excluding hydrogens is 337 g/mol. The molecule has 102 valence electrons. The molecule has 4 heteroatoms. The minimum atomic E-state index is -0.239. The third-order valence-electron chi connectivity index (χ3n) is 3.46. The predicted molar refractivity (Wildman–Crippen MR) is 86.7 cm³/mol. The Kier molecular flexibility index (Phi) is 3.63. The van der Waals surface area contributed by atoms with Crippen molar-refractivity contribution in [2.75, 3.05) is 0 Å². The van der Waals surface area contributed by atoms with Gasteiger partial charge in [-0.3, -0.25) is 0 Å². The van der Waals surface area contributed by atoms with Crippen LogP contribution < -0.4 is 5.73 Å². The Morgan fingerprint density at radius 2 is 2.05 bits per heavy atom. The van der Waals surface area contributed by atoms with Gasteiger partial charge in [0.1, 0.15) is 5.82 Å². The zero-order valence-electron chi connectivity index (χ0n) is 10.9. The van der Waals surface area contributed by atoms with Gasteiger partial charge in [-0.15, -0.1) is 11.3 Å². The molecule has 1 unspecified atom stereocenters. The fourth-order valence-corrected chi connectivity index (χ4v) is 3.98. The lowest BCUT2D eigenvalue weighted by atomic mass is 9.97. The number of hydrogen-bond donors (Lipinski definition) is 1. The van der Waals surface area contributed by atoms with E-state index in [0.717, 1.165) is 21.0 Å². The summed E-state index contributed by atoms with van der Waals surface area (Å²) >= 11 is 5.23. The Bertz CT molecular complexity index is 781. The van der Waals surface area contributed by atoms with E-state index in [1.807, 2.05) is 18.2 Å². The summed E-state index contributed by atoms with van der Waals surface area (Å²) in [4.78, 5) is 0. The summed E-state index contributed by atoms with van der Waals surface area (Å²) in [7, 11) is 0. The molecule has 1 nitrogen and oxygen atoms in total. The molecule has 20 heavy (non-hydrogen) atoms. The number of halogens is 2. The lowest BCUT2D eigenvalue weighted by molar-refractivity contribution is 0.617. The van der Waals surface area contributed by atoms with E-state index in [9.17, 15) is 4.39 Å². The van der Waals surface area contributed by atoms with E-state index in [0.29, 0.717) is 5.56 Å². The molecular formula is C16H13BrFNS. The molecule has 0 aliphatic carbocycles. The van der Waals surface area contributed by atoms with Crippen LogP contribution in [0.25, 0.3) is 10.1 Å². The molecule has 0 aliphatic rings. The highest BCUT2D eigenvalue weighted by atomic mass is 79.9. The van der Waals surface area contributed by atoms with Crippen molar-refractivity contribution in [1.82, 2.24) is 0 Å². The number of fused-ring (bicyclic) bond motifs is 1. The zero-order valence-corrected chi connectivity index (χ0v) is 13.3. The monoisotopic (exact) mass is 349 g/mol. The van der Waals surface area contributed by atoms with Gasteiger partial charge in [-0.25, -0.2) is 4.39 Å². The first kappa shape index (κ1) is 13.7. The van der Waals surface area contributed by atoms with Crippen LogP contribution in [0.15, 0.2) is 46.3 Å². The second kappa shape index (κ2) is 5.28. The molecule has 0 aliphatic heterocycles. The lowest BCUT2D eigenvalue weighted by Gasteiger charge is -2.13. The van der Waals surface area contributed by atoms with Gasteiger partial charge in [-0.1, -0.05) is 24.3 Å². The first-order valence-electron chi connectivity index (χ1n) is 6.25. The van der Waals surface area contributed by atoms with Crippen molar-refractivity contribution in [2.45, 2.75) is 13.0 Å². The molecule has 0 fully saturated rings. The second-order valence-electron chi connectivity index (χ2n) is 4.79. The van der Waals surface area contributed by atoms with Crippen LogP contribution in [-0.4, -0.2) is 0 Å². The molecule has 2 aromatic carbocycles. The molecule has 0 amide bonds. The standard InChI is InChI=1S/C16H13BrFNS/c1-9-7-10(5-6-14(9)18)15(19)12-8-20-16-11(12)3-2-4-13(16)17/h2-8,15H,19H2,1H3.